The molecule has 0 bridgehead atoms. The number of anilines is 1. The van der Waals surface area contributed by atoms with Gasteiger partial charge in [-0.15, -0.1) is 11.8 Å². The van der Waals surface area contributed by atoms with Crippen molar-refractivity contribution in [3.8, 4) is 0 Å². The number of carbonyl (C=O) groups excluding carboxylic acids is 2. The Labute approximate surface area is 205 Å². The molecule has 4 rings (SSSR count). The molecular weight excluding hydrogens is 456 g/mol. The number of hydrogen-bond donors (Lipinski definition) is 0. The van der Waals surface area contributed by atoms with Crippen molar-refractivity contribution in [3.05, 3.63) is 53.2 Å². The highest BCUT2D eigenvalue weighted by atomic mass is 35.5. The van der Waals surface area contributed by atoms with Crippen molar-refractivity contribution in [2.24, 2.45) is 0 Å². The van der Waals surface area contributed by atoms with Crippen molar-refractivity contribution < 1.29 is 9.59 Å². The fraction of sp³-hybridized carbons (Fsp3) is 0.480. The number of aromatic nitrogens is 1. The van der Waals surface area contributed by atoms with Gasteiger partial charge >= 0.3 is 0 Å². The van der Waals surface area contributed by atoms with Crippen LogP contribution in [0.1, 0.15) is 42.5 Å². The number of pyridine rings is 1. The van der Waals surface area contributed by atoms with Crippen LogP contribution in [0.15, 0.2) is 47.5 Å². The maximum Gasteiger partial charge on any atom is 0.255 e. The van der Waals surface area contributed by atoms with Gasteiger partial charge in [-0.05, 0) is 37.1 Å². The number of hydrogen-bond acceptors (Lipinski definition) is 5. The normalized spacial score (nSPS) is 17.2. The molecule has 1 aromatic carbocycles. The second-order valence-corrected chi connectivity index (χ2v) is 10.1. The van der Waals surface area contributed by atoms with Crippen LogP contribution in [0.3, 0.4) is 0 Å². The summed E-state index contributed by atoms with van der Waals surface area (Å²) in [5.41, 5.74) is 0.667. The first kappa shape index (κ1) is 23.9. The van der Waals surface area contributed by atoms with E-state index in [0.717, 1.165) is 23.6 Å². The molecule has 8 heteroatoms. The molecule has 176 valence electrons. The van der Waals surface area contributed by atoms with Crippen LogP contribution in [-0.4, -0.2) is 71.6 Å². The van der Waals surface area contributed by atoms with Gasteiger partial charge in [-0.3, -0.25) is 9.59 Å². The fourth-order valence-corrected chi connectivity index (χ4v) is 5.79. The molecule has 33 heavy (non-hydrogen) atoms. The van der Waals surface area contributed by atoms with Gasteiger partial charge in [0.2, 0.25) is 5.91 Å². The fourth-order valence-electron chi connectivity index (χ4n) is 4.58. The molecule has 1 saturated heterocycles. The topological polar surface area (TPSA) is 56.8 Å². The van der Waals surface area contributed by atoms with E-state index < -0.39 is 0 Å². The summed E-state index contributed by atoms with van der Waals surface area (Å²) in [6, 6.07) is 11.6. The minimum absolute atomic E-state index is 0.0120. The van der Waals surface area contributed by atoms with E-state index in [9.17, 15) is 9.59 Å². The Morgan fingerprint density at radius 3 is 2.52 bits per heavy atom. The summed E-state index contributed by atoms with van der Waals surface area (Å²) in [6.45, 7) is 2.58. The van der Waals surface area contributed by atoms with Gasteiger partial charge in [0.15, 0.2) is 0 Å². The molecule has 1 aromatic heterocycles. The predicted molar refractivity (Wildman–Crippen MR) is 134 cm³/mol. The molecule has 1 aliphatic carbocycles. The second kappa shape index (κ2) is 11.3. The van der Waals surface area contributed by atoms with Crippen LogP contribution in [0.5, 0.6) is 0 Å². The van der Waals surface area contributed by atoms with E-state index in [1.807, 2.05) is 53.2 Å². The lowest BCUT2D eigenvalue weighted by molar-refractivity contribution is -0.129. The monoisotopic (exact) mass is 486 g/mol. The zero-order valence-electron chi connectivity index (χ0n) is 19.1. The molecule has 0 atom stereocenters. The van der Waals surface area contributed by atoms with E-state index in [0.29, 0.717) is 48.6 Å². The standard InChI is InChI=1S/C25H31ClN4O2S/c1-28(19-8-3-2-4-9-19)23(31)18-33-22-12-6-5-10-20(22)25(32)30-16-14-29(15-17-30)24-21(26)11-7-13-27-24/h5-7,10-13,19H,2-4,8-9,14-18H2,1H3. The zero-order chi connectivity index (χ0) is 23.2. The number of thioether (sulfide) groups is 1. The van der Waals surface area contributed by atoms with Crippen molar-refractivity contribution in [1.82, 2.24) is 14.8 Å². The molecule has 0 N–H and O–H groups in total. The highest BCUT2D eigenvalue weighted by molar-refractivity contribution is 8.00. The van der Waals surface area contributed by atoms with Crippen molar-refractivity contribution in [1.29, 1.82) is 0 Å². The number of halogens is 1. The van der Waals surface area contributed by atoms with Gasteiger partial charge < -0.3 is 14.7 Å². The minimum atomic E-state index is 0.0120. The molecule has 2 aliphatic rings. The summed E-state index contributed by atoms with van der Waals surface area (Å²) in [6.07, 6.45) is 7.60. The number of rotatable bonds is 6. The van der Waals surface area contributed by atoms with Crippen molar-refractivity contribution >= 4 is 41.0 Å². The highest BCUT2D eigenvalue weighted by Gasteiger charge is 2.26. The Bertz CT molecular complexity index is 974. The molecule has 1 saturated carbocycles. The first-order valence-corrected chi connectivity index (χ1v) is 13.0. The molecule has 2 fully saturated rings. The maximum absolute atomic E-state index is 13.3. The van der Waals surface area contributed by atoms with Crippen LogP contribution in [0.4, 0.5) is 5.82 Å². The lowest BCUT2D eigenvalue weighted by atomic mass is 9.94. The van der Waals surface area contributed by atoms with Gasteiger partial charge in [0.25, 0.3) is 5.91 Å². The highest BCUT2D eigenvalue weighted by Crippen LogP contribution is 2.28. The number of benzene rings is 1. The summed E-state index contributed by atoms with van der Waals surface area (Å²) in [5.74, 6) is 1.26. The second-order valence-electron chi connectivity index (χ2n) is 8.67. The van der Waals surface area contributed by atoms with Gasteiger partial charge in [0.05, 0.1) is 16.3 Å². The Balaban J connectivity index is 1.35. The smallest absolute Gasteiger partial charge is 0.255 e. The van der Waals surface area contributed by atoms with E-state index in [1.165, 1.54) is 31.0 Å². The molecule has 2 aromatic rings. The number of nitrogens with zero attached hydrogens (tertiary/aromatic N) is 4. The lowest BCUT2D eigenvalue weighted by Crippen LogP contribution is -2.49. The number of piperazine rings is 1. The molecule has 0 unspecified atom stereocenters. The van der Waals surface area contributed by atoms with Gasteiger partial charge in [0, 0.05) is 50.4 Å². The summed E-state index contributed by atoms with van der Waals surface area (Å²) in [5, 5.41) is 0.627. The van der Waals surface area contributed by atoms with Crippen molar-refractivity contribution in [2.45, 2.75) is 43.0 Å². The van der Waals surface area contributed by atoms with E-state index in [2.05, 4.69) is 9.88 Å². The SMILES string of the molecule is CN(C(=O)CSc1ccccc1C(=O)N1CCN(c2ncccc2Cl)CC1)C1CCCCC1. The summed E-state index contributed by atoms with van der Waals surface area (Å²) < 4.78 is 0. The molecule has 2 amide bonds. The molecule has 0 spiro atoms. The van der Waals surface area contributed by atoms with E-state index in [-0.39, 0.29) is 11.8 Å². The van der Waals surface area contributed by atoms with E-state index >= 15 is 0 Å². The minimum Gasteiger partial charge on any atom is -0.352 e. The van der Waals surface area contributed by atoms with Crippen LogP contribution in [0, 0.1) is 0 Å². The van der Waals surface area contributed by atoms with Gasteiger partial charge in [0.1, 0.15) is 5.82 Å². The number of amides is 2. The largest absolute Gasteiger partial charge is 0.352 e. The summed E-state index contributed by atoms with van der Waals surface area (Å²) in [4.78, 5) is 37.3. The third-order valence-corrected chi connectivity index (χ3v) is 7.94. The Morgan fingerprint density at radius 2 is 1.79 bits per heavy atom. The van der Waals surface area contributed by atoms with Crippen LogP contribution >= 0.6 is 23.4 Å². The quantitative estimate of drug-likeness (QED) is 0.559. The number of carbonyl (C=O) groups is 2. The van der Waals surface area contributed by atoms with Gasteiger partial charge in [-0.1, -0.05) is 43.0 Å². The summed E-state index contributed by atoms with van der Waals surface area (Å²) >= 11 is 7.75. The summed E-state index contributed by atoms with van der Waals surface area (Å²) in [7, 11) is 1.92. The Hall–Kier alpha value is -2.25. The lowest BCUT2D eigenvalue weighted by Gasteiger charge is -2.36. The maximum atomic E-state index is 13.3. The van der Waals surface area contributed by atoms with E-state index in [4.69, 9.17) is 11.6 Å². The first-order valence-electron chi connectivity index (χ1n) is 11.7. The average molecular weight is 487 g/mol. The zero-order valence-corrected chi connectivity index (χ0v) is 20.7. The predicted octanol–water partition coefficient (Wildman–Crippen LogP) is 4.58. The van der Waals surface area contributed by atoms with E-state index in [1.54, 1.807) is 6.20 Å². The third-order valence-electron chi connectivity index (χ3n) is 6.59. The average Bonchev–Trinajstić information content (AvgIpc) is 2.87. The van der Waals surface area contributed by atoms with Gasteiger partial charge in [-0.2, -0.15) is 0 Å². The van der Waals surface area contributed by atoms with Crippen LogP contribution in [0.25, 0.3) is 0 Å². The third kappa shape index (κ3) is 5.82. The molecule has 2 heterocycles. The van der Waals surface area contributed by atoms with Crippen LogP contribution in [0.2, 0.25) is 5.02 Å². The molecule has 0 radical (unpaired) electrons. The van der Waals surface area contributed by atoms with Crippen molar-refractivity contribution in [3.63, 3.8) is 0 Å². The van der Waals surface area contributed by atoms with Crippen LogP contribution < -0.4 is 4.90 Å². The molecular formula is C25H31ClN4O2S. The van der Waals surface area contributed by atoms with Crippen LogP contribution in [-0.2, 0) is 4.79 Å². The molecule has 6 nitrogen and oxygen atoms in total. The Kier molecular flexibility index (Phi) is 8.15. The van der Waals surface area contributed by atoms with Gasteiger partial charge in [-0.25, -0.2) is 4.98 Å². The van der Waals surface area contributed by atoms with Crippen molar-refractivity contribution in [2.75, 3.05) is 43.9 Å². The Morgan fingerprint density at radius 1 is 1.06 bits per heavy atom. The first-order chi connectivity index (χ1) is 16.0. The molecule has 1 aliphatic heterocycles.